The lowest BCUT2D eigenvalue weighted by atomic mass is 10.0. The van der Waals surface area contributed by atoms with Crippen molar-refractivity contribution in [3.05, 3.63) is 35.1 Å². The molecule has 0 aromatic heterocycles. The van der Waals surface area contributed by atoms with Crippen molar-refractivity contribution in [1.82, 2.24) is 10.6 Å². The number of hydrogen-bond donors (Lipinski definition) is 2. The predicted molar refractivity (Wildman–Crippen MR) is 82.0 cm³/mol. The molecule has 0 heterocycles. The standard InChI is InChI=1S/C16H21F3N2O3/c1-4-24-16(23)21-11(5-9(2)3)8-20-15(22)10-6-12(17)14(19)13(18)7-10/h6-7,9,11H,4-5,8H2,1-3H3,(H,20,22)(H,21,23). The first-order chi connectivity index (χ1) is 11.2. The van der Waals surface area contributed by atoms with Gasteiger partial charge in [-0.1, -0.05) is 13.8 Å². The van der Waals surface area contributed by atoms with Crippen LogP contribution in [0.2, 0.25) is 0 Å². The highest BCUT2D eigenvalue weighted by atomic mass is 19.2. The van der Waals surface area contributed by atoms with E-state index in [2.05, 4.69) is 10.6 Å². The van der Waals surface area contributed by atoms with Gasteiger partial charge in [0.1, 0.15) is 0 Å². The van der Waals surface area contributed by atoms with Crippen molar-refractivity contribution in [2.45, 2.75) is 33.2 Å². The van der Waals surface area contributed by atoms with Crippen molar-refractivity contribution in [3.63, 3.8) is 0 Å². The van der Waals surface area contributed by atoms with E-state index in [1.54, 1.807) is 6.92 Å². The van der Waals surface area contributed by atoms with Crippen LogP contribution in [0.25, 0.3) is 0 Å². The topological polar surface area (TPSA) is 67.4 Å². The van der Waals surface area contributed by atoms with Crippen molar-refractivity contribution in [1.29, 1.82) is 0 Å². The Morgan fingerprint density at radius 1 is 1.17 bits per heavy atom. The molecule has 0 radical (unpaired) electrons. The molecule has 8 heteroatoms. The molecule has 1 atom stereocenters. The lowest BCUT2D eigenvalue weighted by Gasteiger charge is -2.20. The maximum absolute atomic E-state index is 13.2. The molecule has 1 rings (SSSR count). The van der Waals surface area contributed by atoms with Crippen LogP contribution in [-0.2, 0) is 4.74 Å². The van der Waals surface area contributed by atoms with Crippen LogP contribution in [0.1, 0.15) is 37.6 Å². The fourth-order valence-electron chi connectivity index (χ4n) is 2.11. The van der Waals surface area contributed by atoms with Gasteiger partial charge < -0.3 is 15.4 Å². The number of carbonyl (C=O) groups is 2. The molecule has 134 valence electrons. The maximum Gasteiger partial charge on any atom is 0.407 e. The molecule has 5 nitrogen and oxygen atoms in total. The van der Waals surface area contributed by atoms with E-state index in [1.807, 2.05) is 13.8 Å². The van der Waals surface area contributed by atoms with E-state index in [1.165, 1.54) is 0 Å². The largest absolute Gasteiger partial charge is 0.450 e. The summed E-state index contributed by atoms with van der Waals surface area (Å²) in [5, 5.41) is 5.06. The van der Waals surface area contributed by atoms with Crippen LogP contribution in [0.5, 0.6) is 0 Å². The minimum atomic E-state index is -1.63. The van der Waals surface area contributed by atoms with E-state index in [9.17, 15) is 22.8 Å². The second-order valence-electron chi connectivity index (χ2n) is 5.66. The third kappa shape index (κ3) is 6.10. The van der Waals surface area contributed by atoms with Crippen molar-refractivity contribution < 1.29 is 27.5 Å². The van der Waals surface area contributed by atoms with E-state index in [0.29, 0.717) is 18.6 Å². The SMILES string of the molecule is CCOC(=O)NC(CNC(=O)c1cc(F)c(F)c(F)c1)CC(C)C. The van der Waals surface area contributed by atoms with Gasteiger partial charge in [0, 0.05) is 18.2 Å². The van der Waals surface area contributed by atoms with Gasteiger partial charge in [0.15, 0.2) is 17.5 Å². The summed E-state index contributed by atoms with van der Waals surface area (Å²) < 4.78 is 44.0. The quantitative estimate of drug-likeness (QED) is 0.746. The number of nitrogens with one attached hydrogen (secondary N) is 2. The van der Waals surface area contributed by atoms with Gasteiger partial charge in [-0.3, -0.25) is 4.79 Å². The number of ether oxygens (including phenoxy) is 1. The number of rotatable bonds is 7. The Morgan fingerprint density at radius 2 is 1.75 bits per heavy atom. The van der Waals surface area contributed by atoms with Crippen LogP contribution >= 0.6 is 0 Å². The molecule has 0 saturated carbocycles. The first kappa shape index (κ1) is 19.8. The minimum absolute atomic E-state index is 0.0381. The predicted octanol–water partition coefficient (Wildman–Crippen LogP) is 2.99. The molecule has 0 bridgehead atoms. The second kappa shape index (κ2) is 9.14. The first-order valence-electron chi connectivity index (χ1n) is 7.60. The summed E-state index contributed by atoms with van der Waals surface area (Å²) >= 11 is 0. The van der Waals surface area contributed by atoms with Gasteiger partial charge in [-0.25, -0.2) is 18.0 Å². The average molecular weight is 346 g/mol. The van der Waals surface area contributed by atoms with Crippen molar-refractivity contribution in [3.8, 4) is 0 Å². The maximum atomic E-state index is 13.2. The fraction of sp³-hybridized carbons (Fsp3) is 0.500. The zero-order chi connectivity index (χ0) is 18.3. The Balaban J connectivity index is 2.71. The highest BCUT2D eigenvalue weighted by Crippen LogP contribution is 2.13. The van der Waals surface area contributed by atoms with Gasteiger partial charge in [0.25, 0.3) is 5.91 Å². The van der Waals surface area contributed by atoms with Crippen molar-refractivity contribution in [2.75, 3.05) is 13.2 Å². The van der Waals surface area contributed by atoms with E-state index in [0.717, 1.165) is 0 Å². The number of carbonyl (C=O) groups excluding carboxylic acids is 2. The number of hydrogen-bond acceptors (Lipinski definition) is 3. The molecule has 1 aromatic rings. The molecular formula is C16H21F3N2O3. The van der Waals surface area contributed by atoms with Crippen LogP contribution in [0.15, 0.2) is 12.1 Å². The van der Waals surface area contributed by atoms with Crippen LogP contribution < -0.4 is 10.6 Å². The third-order valence-electron chi connectivity index (χ3n) is 3.11. The Morgan fingerprint density at radius 3 is 2.25 bits per heavy atom. The molecular weight excluding hydrogens is 325 g/mol. The number of amides is 2. The summed E-state index contributed by atoms with van der Waals surface area (Å²) in [5.74, 6) is -5.05. The van der Waals surface area contributed by atoms with E-state index in [4.69, 9.17) is 4.74 Å². The zero-order valence-corrected chi connectivity index (χ0v) is 13.8. The summed E-state index contributed by atoms with van der Waals surface area (Å²) in [4.78, 5) is 23.4. The summed E-state index contributed by atoms with van der Waals surface area (Å²) in [6, 6.07) is 0.816. The molecule has 0 spiro atoms. The monoisotopic (exact) mass is 346 g/mol. The molecule has 24 heavy (non-hydrogen) atoms. The Hall–Kier alpha value is -2.25. The lowest BCUT2D eigenvalue weighted by molar-refractivity contribution is 0.0943. The van der Waals surface area contributed by atoms with E-state index in [-0.39, 0.29) is 24.6 Å². The highest BCUT2D eigenvalue weighted by Gasteiger charge is 2.18. The van der Waals surface area contributed by atoms with Crippen LogP contribution in [0.3, 0.4) is 0 Å². The number of halogens is 3. The minimum Gasteiger partial charge on any atom is -0.450 e. The molecule has 0 aliphatic carbocycles. The third-order valence-corrected chi connectivity index (χ3v) is 3.11. The van der Waals surface area contributed by atoms with Crippen LogP contribution in [0.4, 0.5) is 18.0 Å². The van der Waals surface area contributed by atoms with Gasteiger partial charge in [-0.05, 0) is 31.4 Å². The van der Waals surface area contributed by atoms with Gasteiger partial charge in [-0.15, -0.1) is 0 Å². The van der Waals surface area contributed by atoms with E-state index < -0.39 is 35.5 Å². The Labute approximate surface area is 138 Å². The van der Waals surface area contributed by atoms with Crippen molar-refractivity contribution in [2.24, 2.45) is 5.92 Å². The zero-order valence-electron chi connectivity index (χ0n) is 13.8. The molecule has 0 saturated heterocycles. The summed E-state index contributed by atoms with van der Waals surface area (Å²) in [6.45, 7) is 5.78. The fourth-order valence-corrected chi connectivity index (χ4v) is 2.11. The Kier molecular flexibility index (Phi) is 7.54. The number of benzene rings is 1. The lowest BCUT2D eigenvalue weighted by Crippen LogP contribution is -2.44. The highest BCUT2D eigenvalue weighted by molar-refractivity contribution is 5.94. The van der Waals surface area contributed by atoms with Crippen LogP contribution in [0, 0.1) is 23.4 Å². The van der Waals surface area contributed by atoms with Gasteiger partial charge >= 0.3 is 6.09 Å². The molecule has 0 aliphatic rings. The smallest absolute Gasteiger partial charge is 0.407 e. The normalized spacial score (nSPS) is 12.0. The van der Waals surface area contributed by atoms with Gasteiger partial charge in [0.2, 0.25) is 0 Å². The summed E-state index contributed by atoms with van der Waals surface area (Å²) in [5.41, 5.74) is -0.342. The second-order valence-corrected chi connectivity index (χ2v) is 5.66. The number of alkyl carbamates (subject to hydrolysis) is 1. The van der Waals surface area contributed by atoms with Gasteiger partial charge in [-0.2, -0.15) is 0 Å². The molecule has 2 amide bonds. The molecule has 0 fully saturated rings. The first-order valence-corrected chi connectivity index (χ1v) is 7.60. The molecule has 1 unspecified atom stereocenters. The van der Waals surface area contributed by atoms with Gasteiger partial charge in [0.05, 0.1) is 6.61 Å². The molecule has 0 aliphatic heterocycles. The average Bonchev–Trinajstić information content (AvgIpc) is 2.49. The summed E-state index contributed by atoms with van der Waals surface area (Å²) in [6.07, 6.45) is -0.0538. The molecule has 1 aromatic carbocycles. The summed E-state index contributed by atoms with van der Waals surface area (Å²) in [7, 11) is 0. The van der Waals surface area contributed by atoms with Crippen molar-refractivity contribution >= 4 is 12.0 Å². The van der Waals surface area contributed by atoms with Crippen LogP contribution in [-0.4, -0.2) is 31.2 Å². The Bertz CT molecular complexity index is 571. The van der Waals surface area contributed by atoms with E-state index >= 15 is 0 Å². The molecule has 2 N–H and O–H groups in total.